The summed E-state index contributed by atoms with van der Waals surface area (Å²) in [6, 6.07) is 9.83. The van der Waals surface area contributed by atoms with Crippen LogP contribution in [0.25, 0.3) is 21.3 Å². The lowest BCUT2D eigenvalue weighted by Gasteiger charge is -1.99. The number of aromatic nitrogens is 1. The molecule has 1 unspecified atom stereocenters. The van der Waals surface area contributed by atoms with Crippen molar-refractivity contribution in [1.82, 2.24) is 4.98 Å². The molecule has 86 valence electrons. The lowest BCUT2D eigenvalue weighted by Crippen LogP contribution is -1.82. The maximum absolute atomic E-state index is 11.0. The summed E-state index contributed by atoms with van der Waals surface area (Å²) in [5.41, 5.74) is 1.93. The van der Waals surface area contributed by atoms with Crippen LogP contribution in [0.1, 0.15) is 0 Å². The largest absolute Gasteiger partial charge is 0.360 e. The van der Waals surface area contributed by atoms with Crippen molar-refractivity contribution < 1.29 is 8.76 Å². The summed E-state index contributed by atoms with van der Waals surface area (Å²) in [6.07, 6.45) is 1.57. The van der Waals surface area contributed by atoms with Gasteiger partial charge in [-0.15, -0.1) is 11.3 Å². The van der Waals surface area contributed by atoms with Crippen molar-refractivity contribution in [2.24, 2.45) is 0 Å². The van der Waals surface area contributed by atoms with Crippen molar-refractivity contribution in [3.8, 4) is 11.3 Å². The lowest BCUT2D eigenvalue weighted by molar-refractivity contribution is 0.564. The number of benzene rings is 1. The summed E-state index contributed by atoms with van der Waals surface area (Å²) in [4.78, 5) is 3.44. The van der Waals surface area contributed by atoms with E-state index >= 15 is 0 Å². The first-order valence-electron chi connectivity index (χ1n) is 5.01. The van der Waals surface area contributed by atoms with Crippen molar-refractivity contribution in [3.63, 3.8) is 0 Å². The minimum absolute atomic E-state index is 0.397. The normalized spacial score (nSPS) is 13.0. The fourth-order valence-corrected chi connectivity index (χ4v) is 3.14. The van der Waals surface area contributed by atoms with Gasteiger partial charge in [0.1, 0.15) is 0 Å². The van der Waals surface area contributed by atoms with E-state index in [9.17, 15) is 4.21 Å². The van der Waals surface area contributed by atoms with Crippen molar-refractivity contribution >= 4 is 32.5 Å². The number of hydrogen-bond acceptors (Lipinski definition) is 2. The highest BCUT2D eigenvalue weighted by atomic mass is 32.2. The SMILES string of the molecule is O=S(O)c1c[nH]c(-c2cccc3ccsc23)c1. The second-order valence-electron chi connectivity index (χ2n) is 3.64. The number of nitrogens with one attached hydrogen (secondary N) is 1. The molecule has 0 saturated heterocycles. The monoisotopic (exact) mass is 263 g/mol. The van der Waals surface area contributed by atoms with Crippen LogP contribution < -0.4 is 0 Å². The average Bonchev–Trinajstić information content (AvgIpc) is 2.97. The zero-order valence-corrected chi connectivity index (χ0v) is 10.3. The van der Waals surface area contributed by atoms with Crippen molar-refractivity contribution in [1.29, 1.82) is 0 Å². The molecular weight excluding hydrogens is 254 g/mol. The highest BCUT2D eigenvalue weighted by Gasteiger charge is 2.09. The first-order valence-corrected chi connectivity index (χ1v) is 7.00. The molecule has 2 aromatic heterocycles. The molecule has 1 aromatic carbocycles. The molecule has 17 heavy (non-hydrogen) atoms. The Morgan fingerprint density at radius 1 is 1.29 bits per heavy atom. The number of hydrogen-bond donors (Lipinski definition) is 2. The summed E-state index contributed by atoms with van der Waals surface area (Å²) in [5.74, 6) is 0. The molecule has 0 bridgehead atoms. The molecule has 0 fully saturated rings. The fraction of sp³-hybridized carbons (Fsp3) is 0. The molecule has 1 atom stereocenters. The van der Waals surface area contributed by atoms with Gasteiger partial charge in [0.05, 0.1) is 4.90 Å². The van der Waals surface area contributed by atoms with Gasteiger partial charge < -0.3 is 9.54 Å². The molecule has 0 aliphatic heterocycles. The quantitative estimate of drug-likeness (QED) is 0.695. The maximum Gasteiger partial charge on any atom is 0.188 e. The topological polar surface area (TPSA) is 53.1 Å². The Balaban J connectivity index is 2.19. The third-order valence-electron chi connectivity index (χ3n) is 2.63. The molecule has 0 radical (unpaired) electrons. The maximum atomic E-state index is 11.0. The van der Waals surface area contributed by atoms with Gasteiger partial charge in [0, 0.05) is 22.2 Å². The van der Waals surface area contributed by atoms with Crippen LogP contribution in [0.2, 0.25) is 0 Å². The molecule has 3 nitrogen and oxygen atoms in total. The smallest absolute Gasteiger partial charge is 0.188 e. The summed E-state index contributed by atoms with van der Waals surface area (Å²) < 4.78 is 21.1. The molecule has 2 N–H and O–H groups in total. The Morgan fingerprint density at radius 2 is 2.18 bits per heavy atom. The van der Waals surface area contributed by atoms with E-state index in [0.717, 1.165) is 11.3 Å². The number of H-pyrrole nitrogens is 1. The molecule has 0 aliphatic rings. The van der Waals surface area contributed by atoms with Crippen LogP contribution in [0.15, 0.2) is 46.8 Å². The first-order chi connectivity index (χ1) is 8.25. The molecule has 2 heterocycles. The molecule has 0 saturated carbocycles. The molecule has 0 aliphatic carbocycles. The Morgan fingerprint density at radius 3 is 2.94 bits per heavy atom. The summed E-state index contributed by atoms with van der Waals surface area (Å²) in [7, 11) is 0. The minimum atomic E-state index is -1.93. The van der Waals surface area contributed by atoms with E-state index in [1.54, 1.807) is 23.6 Å². The van der Waals surface area contributed by atoms with Gasteiger partial charge in [-0.05, 0) is 22.9 Å². The lowest BCUT2D eigenvalue weighted by atomic mass is 10.1. The van der Waals surface area contributed by atoms with Crippen LogP contribution in [-0.4, -0.2) is 13.7 Å². The number of fused-ring (bicyclic) bond motifs is 1. The van der Waals surface area contributed by atoms with E-state index in [1.165, 1.54) is 10.1 Å². The predicted octanol–water partition coefficient (Wildman–Crippen LogP) is 3.48. The van der Waals surface area contributed by atoms with Crippen LogP contribution in [0.3, 0.4) is 0 Å². The van der Waals surface area contributed by atoms with Gasteiger partial charge in [0.15, 0.2) is 11.1 Å². The summed E-state index contributed by atoms with van der Waals surface area (Å²) in [6.45, 7) is 0. The van der Waals surface area contributed by atoms with Crippen molar-refractivity contribution in [2.45, 2.75) is 4.90 Å². The fourth-order valence-electron chi connectivity index (χ4n) is 1.84. The number of thiophene rings is 1. The third-order valence-corrected chi connectivity index (χ3v) is 4.23. The van der Waals surface area contributed by atoms with Gasteiger partial charge in [-0.3, -0.25) is 0 Å². The molecule has 3 rings (SSSR count). The van der Waals surface area contributed by atoms with Crippen molar-refractivity contribution in [2.75, 3.05) is 0 Å². The van der Waals surface area contributed by atoms with Gasteiger partial charge in [-0.25, -0.2) is 4.21 Å². The van der Waals surface area contributed by atoms with E-state index in [0.29, 0.717) is 4.90 Å². The van der Waals surface area contributed by atoms with Gasteiger partial charge in [-0.2, -0.15) is 0 Å². The van der Waals surface area contributed by atoms with Crippen molar-refractivity contribution in [3.05, 3.63) is 41.9 Å². The van der Waals surface area contributed by atoms with Gasteiger partial charge >= 0.3 is 0 Å². The highest BCUT2D eigenvalue weighted by Crippen LogP contribution is 2.32. The van der Waals surface area contributed by atoms with E-state index in [-0.39, 0.29) is 0 Å². The second-order valence-corrected chi connectivity index (χ2v) is 5.53. The molecule has 0 amide bonds. The first kappa shape index (κ1) is 10.7. The van der Waals surface area contributed by atoms with Gasteiger partial charge in [-0.1, -0.05) is 18.2 Å². The Labute approximate surface area is 104 Å². The summed E-state index contributed by atoms with van der Waals surface area (Å²) in [5, 5.41) is 3.23. The Hall–Kier alpha value is -1.43. The highest BCUT2D eigenvalue weighted by molar-refractivity contribution is 7.79. The Bertz CT molecular complexity index is 699. The van der Waals surface area contributed by atoms with Crippen LogP contribution >= 0.6 is 11.3 Å². The molecule has 5 heteroatoms. The summed E-state index contributed by atoms with van der Waals surface area (Å²) >= 11 is -0.266. The van der Waals surface area contributed by atoms with Gasteiger partial charge in [0.25, 0.3) is 0 Å². The average molecular weight is 263 g/mol. The zero-order valence-electron chi connectivity index (χ0n) is 8.71. The van der Waals surface area contributed by atoms with E-state index < -0.39 is 11.1 Å². The standard InChI is InChI=1S/C12H9NO2S2/c14-17(15)9-6-11(13-7-9)10-3-1-2-8-4-5-16-12(8)10/h1-7,13H,(H,14,15). The molecule has 3 aromatic rings. The van der Waals surface area contributed by atoms with E-state index in [4.69, 9.17) is 4.55 Å². The minimum Gasteiger partial charge on any atom is -0.360 e. The predicted molar refractivity (Wildman–Crippen MR) is 70.6 cm³/mol. The van der Waals surface area contributed by atoms with E-state index in [2.05, 4.69) is 17.1 Å². The molecule has 0 spiro atoms. The van der Waals surface area contributed by atoms with Crippen LogP contribution in [0, 0.1) is 0 Å². The van der Waals surface area contributed by atoms with Crippen LogP contribution in [-0.2, 0) is 11.1 Å². The number of rotatable bonds is 2. The molecular formula is C12H9NO2S2. The third kappa shape index (κ3) is 1.82. The number of aromatic amines is 1. The second kappa shape index (κ2) is 4.10. The zero-order chi connectivity index (χ0) is 11.8. The Kier molecular flexibility index (Phi) is 2.58. The van der Waals surface area contributed by atoms with E-state index in [1.807, 2.05) is 17.5 Å². The van der Waals surface area contributed by atoms with Crippen LogP contribution in [0.4, 0.5) is 0 Å². The van der Waals surface area contributed by atoms with Crippen LogP contribution in [0.5, 0.6) is 0 Å². The van der Waals surface area contributed by atoms with Gasteiger partial charge in [0.2, 0.25) is 0 Å².